The standard InChI is InChI=1S/C17H18N4O2/c1-20-11-13(15-9-14(19)3-2-12(15)10-18)8-16(17(20)22)21-4-6-23-7-5-21/h2-3,8-9,11H,4-7,19H2,1H3. The molecule has 0 spiro atoms. The maximum Gasteiger partial charge on any atom is 0.273 e. The van der Waals surface area contributed by atoms with Gasteiger partial charge in [0.05, 0.1) is 24.8 Å². The van der Waals surface area contributed by atoms with Crippen LogP contribution in [0.25, 0.3) is 11.1 Å². The highest BCUT2D eigenvalue weighted by molar-refractivity contribution is 5.75. The minimum absolute atomic E-state index is 0.0574. The minimum atomic E-state index is -0.0574. The van der Waals surface area contributed by atoms with Gasteiger partial charge in [0.15, 0.2) is 0 Å². The summed E-state index contributed by atoms with van der Waals surface area (Å²) < 4.78 is 6.89. The third-order valence-electron chi connectivity index (χ3n) is 3.99. The molecule has 2 N–H and O–H groups in total. The van der Waals surface area contributed by atoms with Crippen LogP contribution < -0.4 is 16.2 Å². The van der Waals surface area contributed by atoms with Gasteiger partial charge in [-0.15, -0.1) is 0 Å². The fraction of sp³-hybridized carbons (Fsp3) is 0.294. The molecule has 6 heteroatoms. The monoisotopic (exact) mass is 310 g/mol. The van der Waals surface area contributed by atoms with Crippen LogP contribution in [0, 0.1) is 11.3 Å². The molecule has 1 aromatic carbocycles. The highest BCUT2D eigenvalue weighted by atomic mass is 16.5. The van der Waals surface area contributed by atoms with Crippen LogP contribution in [0.3, 0.4) is 0 Å². The van der Waals surface area contributed by atoms with Gasteiger partial charge in [-0.3, -0.25) is 4.79 Å². The molecule has 2 heterocycles. The van der Waals surface area contributed by atoms with E-state index in [9.17, 15) is 10.1 Å². The van der Waals surface area contributed by atoms with E-state index in [1.807, 2.05) is 11.0 Å². The molecule has 0 atom stereocenters. The molecule has 0 amide bonds. The SMILES string of the molecule is Cn1cc(-c2cc(N)ccc2C#N)cc(N2CCOCC2)c1=O. The average molecular weight is 310 g/mol. The lowest BCUT2D eigenvalue weighted by Gasteiger charge is -2.28. The number of anilines is 2. The van der Waals surface area contributed by atoms with E-state index in [0.717, 1.165) is 11.1 Å². The van der Waals surface area contributed by atoms with Crippen LogP contribution in [0.15, 0.2) is 35.3 Å². The lowest BCUT2D eigenvalue weighted by atomic mass is 10.0. The minimum Gasteiger partial charge on any atom is -0.399 e. The Morgan fingerprint density at radius 2 is 2.00 bits per heavy atom. The van der Waals surface area contributed by atoms with E-state index in [1.165, 1.54) is 0 Å². The average Bonchev–Trinajstić information content (AvgIpc) is 2.58. The van der Waals surface area contributed by atoms with Gasteiger partial charge in [0.25, 0.3) is 5.56 Å². The van der Waals surface area contributed by atoms with E-state index >= 15 is 0 Å². The van der Waals surface area contributed by atoms with Crippen LogP contribution in [-0.2, 0) is 11.8 Å². The quantitative estimate of drug-likeness (QED) is 0.846. The molecule has 1 aromatic heterocycles. The number of aromatic nitrogens is 1. The van der Waals surface area contributed by atoms with Crippen molar-refractivity contribution in [2.24, 2.45) is 7.05 Å². The van der Waals surface area contributed by atoms with Crippen LogP contribution in [0.4, 0.5) is 11.4 Å². The first kappa shape index (κ1) is 15.1. The summed E-state index contributed by atoms with van der Waals surface area (Å²) in [6.07, 6.45) is 1.74. The Hall–Kier alpha value is -2.78. The molecule has 118 valence electrons. The molecule has 0 aliphatic carbocycles. The van der Waals surface area contributed by atoms with Crippen molar-refractivity contribution in [3.8, 4) is 17.2 Å². The molecule has 0 radical (unpaired) electrons. The number of aryl methyl sites for hydroxylation is 1. The number of hydrogen-bond donors (Lipinski definition) is 1. The number of nitriles is 1. The molecule has 1 fully saturated rings. The fourth-order valence-corrected chi connectivity index (χ4v) is 2.77. The highest BCUT2D eigenvalue weighted by Crippen LogP contribution is 2.27. The molecule has 6 nitrogen and oxygen atoms in total. The Labute approximate surface area is 134 Å². The summed E-state index contributed by atoms with van der Waals surface area (Å²) in [6, 6.07) is 9.18. The predicted octanol–water partition coefficient (Wildman–Crippen LogP) is 1.34. The van der Waals surface area contributed by atoms with Crippen molar-refractivity contribution in [3.63, 3.8) is 0 Å². The van der Waals surface area contributed by atoms with Crippen LogP contribution >= 0.6 is 0 Å². The molecule has 1 aliphatic heterocycles. The first-order valence-electron chi connectivity index (χ1n) is 7.43. The number of nitrogens with zero attached hydrogens (tertiary/aromatic N) is 3. The highest BCUT2D eigenvalue weighted by Gasteiger charge is 2.17. The first-order chi connectivity index (χ1) is 11.1. The molecule has 2 aromatic rings. The number of hydrogen-bond acceptors (Lipinski definition) is 5. The Bertz CT molecular complexity index is 829. The van der Waals surface area contributed by atoms with Gasteiger partial charge >= 0.3 is 0 Å². The third-order valence-corrected chi connectivity index (χ3v) is 3.99. The van der Waals surface area contributed by atoms with Crippen LogP contribution in [0.2, 0.25) is 0 Å². The zero-order valence-corrected chi connectivity index (χ0v) is 13.0. The van der Waals surface area contributed by atoms with Gasteiger partial charge in [-0.05, 0) is 24.3 Å². The maximum atomic E-state index is 12.5. The van der Waals surface area contributed by atoms with Gasteiger partial charge in [-0.1, -0.05) is 0 Å². The van der Waals surface area contributed by atoms with Crippen molar-refractivity contribution in [2.45, 2.75) is 0 Å². The largest absolute Gasteiger partial charge is 0.399 e. The van der Waals surface area contributed by atoms with E-state index in [4.69, 9.17) is 10.5 Å². The number of benzene rings is 1. The topological polar surface area (TPSA) is 84.3 Å². The van der Waals surface area contributed by atoms with Gasteiger partial charge in [0.1, 0.15) is 5.69 Å². The summed E-state index contributed by atoms with van der Waals surface area (Å²) >= 11 is 0. The Balaban J connectivity index is 2.14. The van der Waals surface area contributed by atoms with Gasteiger partial charge in [-0.25, -0.2) is 0 Å². The second-order valence-corrected chi connectivity index (χ2v) is 5.55. The Kier molecular flexibility index (Phi) is 4.04. The van der Waals surface area contributed by atoms with Crippen LogP contribution in [-0.4, -0.2) is 30.9 Å². The molecule has 0 unspecified atom stereocenters. The summed E-state index contributed by atoms with van der Waals surface area (Å²) in [6.45, 7) is 2.58. The molecular weight excluding hydrogens is 292 g/mol. The normalized spacial score (nSPS) is 14.5. The Morgan fingerprint density at radius 1 is 1.26 bits per heavy atom. The zero-order valence-electron chi connectivity index (χ0n) is 13.0. The Morgan fingerprint density at radius 3 is 2.70 bits per heavy atom. The zero-order chi connectivity index (χ0) is 16.4. The second-order valence-electron chi connectivity index (χ2n) is 5.55. The lowest BCUT2D eigenvalue weighted by molar-refractivity contribution is 0.122. The summed E-state index contributed by atoms with van der Waals surface area (Å²) in [5.74, 6) is 0. The van der Waals surface area contributed by atoms with Crippen LogP contribution in [0.1, 0.15) is 5.56 Å². The van der Waals surface area contributed by atoms with E-state index < -0.39 is 0 Å². The number of morpholine rings is 1. The molecule has 0 bridgehead atoms. The van der Waals surface area contributed by atoms with Crippen molar-refractivity contribution >= 4 is 11.4 Å². The number of nitrogen functional groups attached to an aromatic ring is 1. The van der Waals surface area contributed by atoms with Gasteiger partial charge in [0, 0.05) is 43.1 Å². The number of nitrogens with two attached hydrogens (primary N) is 1. The first-order valence-corrected chi connectivity index (χ1v) is 7.43. The lowest BCUT2D eigenvalue weighted by Crippen LogP contribution is -2.40. The van der Waals surface area contributed by atoms with Crippen molar-refractivity contribution < 1.29 is 4.74 Å². The predicted molar refractivity (Wildman–Crippen MR) is 89.3 cm³/mol. The maximum absolute atomic E-state index is 12.5. The van der Waals surface area contributed by atoms with E-state index in [-0.39, 0.29) is 5.56 Å². The number of ether oxygens (including phenoxy) is 1. The smallest absolute Gasteiger partial charge is 0.273 e. The van der Waals surface area contributed by atoms with Crippen molar-refractivity contribution in [3.05, 3.63) is 46.4 Å². The second kappa shape index (κ2) is 6.15. The summed E-state index contributed by atoms with van der Waals surface area (Å²) in [5, 5.41) is 9.33. The fourth-order valence-electron chi connectivity index (χ4n) is 2.77. The van der Waals surface area contributed by atoms with E-state index in [2.05, 4.69) is 6.07 Å². The number of rotatable bonds is 2. The van der Waals surface area contributed by atoms with Crippen molar-refractivity contribution in [1.82, 2.24) is 4.57 Å². The van der Waals surface area contributed by atoms with Crippen molar-refractivity contribution in [1.29, 1.82) is 5.26 Å². The molecule has 23 heavy (non-hydrogen) atoms. The van der Waals surface area contributed by atoms with E-state index in [0.29, 0.717) is 43.2 Å². The summed E-state index contributed by atoms with van der Waals surface area (Å²) in [7, 11) is 1.72. The van der Waals surface area contributed by atoms with E-state index in [1.54, 1.807) is 36.0 Å². The third kappa shape index (κ3) is 2.91. The molecule has 1 aliphatic rings. The molecule has 1 saturated heterocycles. The van der Waals surface area contributed by atoms with Crippen LogP contribution in [0.5, 0.6) is 0 Å². The van der Waals surface area contributed by atoms with Gasteiger partial charge in [0.2, 0.25) is 0 Å². The molecule has 3 rings (SSSR count). The van der Waals surface area contributed by atoms with Crippen molar-refractivity contribution in [2.75, 3.05) is 36.9 Å². The number of pyridine rings is 1. The summed E-state index contributed by atoms with van der Waals surface area (Å²) in [4.78, 5) is 14.5. The van der Waals surface area contributed by atoms with Gasteiger partial charge < -0.3 is 19.9 Å². The molecule has 0 saturated carbocycles. The summed E-state index contributed by atoms with van der Waals surface area (Å²) in [5.41, 5.74) is 9.09. The molecular formula is C17H18N4O2. The van der Waals surface area contributed by atoms with Gasteiger partial charge in [-0.2, -0.15) is 5.26 Å².